The minimum atomic E-state index is -4.46. The monoisotopic (exact) mass is 962 g/mol. The lowest BCUT2D eigenvalue weighted by Crippen LogP contribution is -2.36. The highest BCUT2D eigenvalue weighted by Crippen LogP contribution is 2.33. The molecule has 6 rings (SSSR count). The number of pyridine rings is 1. The van der Waals surface area contributed by atoms with E-state index in [-0.39, 0.29) is 46.9 Å². The van der Waals surface area contributed by atoms with Crippen LogP contribution >= 0.6 is 34.8 Å². The van der Waals surface area contributed by atoms with Gasteiger partial charge in [-0.05, 0) is 63.4 Å². The van der Waals surface area contributed by atoms with E-state index in [9.17, 15) is 22.8 Å². The Bertz CT molecular complexity index is 2640. The zero-order valence-corrected chi connectivity index (χ0v) is 38.7. The first-order valence-electron chi connectivity index (χ1n) is 19.0. The summed E-state index contributed by atoms with van der Waals surface area (Å²) in [6.45, 7) is 7.49. The summed E-state index contributed by atoms with van der Waals surface area (Å²) in [6, 6.07) is 6.28. The van der Waals surface area contributed by atoms with Crippen molar-refractivity contribution in [1.29, 1.82) is 0 Å². The summed E-state index contributed by atoms with van der Waals surface area (Å²) in [7, 11) is 1.15. The molecule has 0 fully saturated rings. The number of carbonyl (C=O) groups is 2. The van der Waals surface area contributed by atoms with Crippen LogP contribution in [0.15, 0.2) is 46.3 Å². The van der Waals surface area contributed by atoms with Crippen molar-refractivity contribution in [2.45, 2.75) is 57.6 Å². The number of methoxy groups -OCH3 is 2. The Morgan fingerprint density at radius 1 is 0.969 bits per heavy atom. The van der Waals surface area contributed by atoms with Crippen LogP contribution in [0.5, 0.6) is 17.5 Å². The topological polar surface area (TPSA) is 264 Å². The number of sulfonamides is 1. The summed E-state index contributed by atoms with van der Waals surface area (Å²) in [5.74, 6) is 3.84. The molecule has 1 aromatic carbocycles. The van der Waals surface area contributed by atoms with E-state index in [4.69, 9.17) is 55.4 Å². The van der Waals surface area contributed by atoms with Gasteiger partial charge in [-0.1, -0.05) is 29.1 Å². The van der Waals surface area contributed by atoms with Gasteiger partial charge in [-0.25, -0.2) is 19.3 Å². The van der Waals surface area contributed by atoms with Gasteiger partial charge in [0.2, 0.25) is 34.9 Å². The van der Waals surface area contributed by atoms with Crippen molar-refractivity contribution in [2.24, 2.45) is 0 Å². The first kappa shape index (κ1) is 50.2. The zero-order chi connectivity index (χ0) is 47.1. The number of hydrogen-bond acceptors (Lipinski definition) is 17. The van der Waals surface area contributed by atoms with Gasteiger partial charge in [0, 0.05) is 51.9 Å². The molecule has 5 heterocycles. The van der Waals surface area contributed by atoms with Crippen molar-refractivity contribution in [3.8, 4) is 35.5 Å². The highest BCUT2D eigenvalue weighted by Gasteiger charge is 2.27. The lowest BCUT2D eigenvalue weighted by atomic mass is 10.2. The second-order valence-electron chi connectivity index (χ2n) is 13.4. The number of fused-ring (bicyclic) bond motifs is 1. The second kappa shape index (κ2) is 23.3. The van der Waals surface area contributed by atoms with E-state index >= 15 is 0 Å². The quantitative estimate of drug-likeness (QED) is 0.118. The van der Waals surface area contributed by atoms with Crippen LogP contribution in [0.1, 0.15) is 49.8 Å². The van der Waals surface area contributed by atoms with Crippen LogP contribution in [0.3, 0.4) is 0 Å². The molecule has 4 aromatic heterocycles. The molecule has 342 valence electrons. The van der Waals surface area contributed by atoms with Gasteiger partial charge in [0.15, 0.2) is 5.03 Å². The second-order valence-corrected chi connectivity index (χ2v) is 16.2. The smallest absolute Gasteiger partial charge is 0.350 e. The Kier molecular flexibility index (Phi) is 18.2. The fourth-order valence-electron chi connectivity index (χ4n) is 5.35. The zero-order valence-electron chi connectivity index (χ0n) is 35.6. The van der Waals surface area contributed by atoms with E-state index in [2.05, 4.69) is 56.9 Å². The third kappa shape index (κ3) is 13.8. The third-order valence-corrected chi connectivity index (χ3v) is 10.1. The number of rotatable bonds is 13. The predicted octanol–water partition coefficient (Wildman–Crippen LogP) is 4.57. The predicted molar refractivity (Wildman–Crippen MR) is 240 cm³/mol. The fraction of sp³-hybridized carbons (Fsp3) is 0.368. The van der Waals surface area contributed by atoms with Gasteiger partial charge in [-0.15, -0.1) is 11.5 Å². The molecule has 0 saturated carbocycles. The van der Waals surface area contributed by atoms with Crippen LogP contribution in [0.4, 0.5) is 22.6 Å². The lowest BCUT2D eigenvalue weighted by molar-refractivity contribution is 0.0823. The van der Waals surface area contributed by atoms with Crippen LogP contribution in [0.2, 0.25) is 15.3 Å². The molecule has 5 aromatic rings. The molecule has 4 N–H and O–H groups in total. The van der Waals surface area contributed by atoms with Gasteiger partial charge in [0.25, 0.3) is 15.9 Å². The van der Waals surface area contributed by atoms with E-state index < -0.39 is 27.0 Å². The number of aryl methyl sites for hydroxylation is 1. The highest BCUT2D eigenvalue weighted by molar-refractivity contribution is 7.90. The van der Waals surface area contributed by atoms with Crippen LogP contribution in [-0.2, 0) is 23.0 Å². The van der Waals surface area contributed by atoms with E-state index in [1.165, 1.54) is 68.4 Å². The van der Waals surface area contributed by atoms with Gasteiger partial charge in [-0.2, -0.15) is 38.0 Å². The molecule has 0 atom stereocenters. The summed E-state index contributed by atoms with van der Waals surface area (Å²) in [4.78, 5) is 61.4. The molecule has 0 unspecified atom stereocenters. The number of halogens is 3. The maximum Gasteiger partial charge on any atom is 0.350 e. The first-order chi connectivity index (χ1) is 30.4. The van der Waals surface area contributed by atoms with Crippen LogP contribution in [-0.4, -0.2) is 117 Å². The number of nitrogens with one attached hydrogen (secondary N) is 4. The van der Waals surface area contributed by atoms with E-state index in [0.717, 1.165) is 31.6 Å². The standard InChI is InChI=1S/C15H13Cl2N3O2.C15H18N6O6S.C8H14ClN5/c1-2-7-22-13-9-12(10(16)8-11(13)17)20-15(21)19-6-4-3-5-14(19)18-20;1-21(2)13(22)9-6-5-7-16-12(9)28(24,25)20-15(23)19-14-17-10(26-3)8-11(18-14)27-4;1-4-10-7-12-6(9)13-8(14-7)11-5(2)3/h1,8-9H,3-7H2;5-8H,1-4H3,(H2,17,18,19,20,23);5H,4H2,1-3H3,(H2,10,11,12,13,14). The number of hydrogen-bond donors (Lipinski definition) is 4. The number of benzene rings is 1. The van der Waals surface area contributed by atoms with Crippen molar-refractivity contribution in [1.82, 2.24) is 53.9 Å². The Hall–Kier alpha value is -6.48. The van der Waals surface area contributed by atoms with Gasteiger partial charge in [0.05, 0.1) is 41.6 Å². The van der Waals surface area contributed by atoms with Crippen LogP contribution in [0.25, 0.3) is 5.69 Å². The molecule has 1 aliphatic heterocycles. The summed E-state index contributed by atoms with van der Waals surface area (Å²) < 4.78 is 45.0. The highest BCUT2D eigenvalue weighted by atomic mass is 35.5. The van der Waals surface area contributed by atoms with Crippen molar-refractivity contribution in [3.05, 3.63) is 73.7 Å². The molecule has 0 aliphatic carbocycles. The average Bonchev–Trinajstić information content (AvgIpc) is 3.58. The minimum absolute atomic E-state index is 0.0788. The first-order valence-corrected chi connectivity index (χ1v) is 21.7. The van der Waals surface area contributed by atoms with Gasteiger partial charge in [-0.3, -0.25) is 14.7 Å². The van der Waals surface area contributed by atoms with E-state index in [0.29, 0.717) is 39.9 Å². The summed E-state index contributed by atoms with van der Waals surface area (Å²) in [5, 5.41) is 12.8. The number of aromatic nitrogens is 9. The molecular weight excluding hydrogens is 919 g/mol. The Labute approximate surface area is 383 Å². The molecule has 0 spiro atoms. The SMILES string of the molecule is C#CCOc1cc(-n2nc3n(c2=O)CCCC3)c(Cl)cc1Cl.CCNc1nc(Cl)nc(NC(C)C)n1.COc1cc(OC)nc(NC(=O)NS(=O)(=O)c2ncccc2C(=O)N(C)C)n1. The number of carbonyl (C=O) groups excluding carboxylic acids is 2. The molecule has 3 amide bonds. The Balaban J connectivity index is 0.000000222. The molecular formula is C38H45Cl3N14O8S. The molecule has 0 saturated heterocycles. The molecule has 22 nitrogen and oxygen atoms in total. The van der Waals surface area contributed by atoms with Crippen molar-refractivity contribution < 1.29 is 32.2 Å². The molecule has 26 heteroatoms. The normalized spacial score (nSPS) is 11.6. The Morgan fingerprint density at radius 2 is 1.66 bits per heavy atom. The molecule has 64 heavy (non-hydrogen) atoms. The van der Waals surface area contributed by atoms with Crippen LogP contribution < -0.4 is 40.6 Å². The van der Waals surface area contributed by atoms with Crippen molar-refractivity contribution >= 4 is 74.6 Å². The van der Waals surface area contributed by atoms with E-state index in [1.54, 1.807) is 15.4 Å². The van der Waals surface area contributed by atoms with Crippen LogP contribution in [0, 0.1) is 12.3 Å². The number of terminal acetylenes is 1. The summed E-state index contributed by atoms with van der Waals surface area (Å²) >= 11 is 18.0. The van der Waals surface area contributed by atoms with Gasteiger partial charge in [0.1, 0.15) is 18.2 Å². The van der Waals surface area contributed by atoms with E-state index in [1.807, 2.05) is 20.8 Å². The number of amides is 3. The minimum Gasteiger partial charge on any atom is -0.481 e. The molecule has 0 bridgehead atoms. The van der Waals surface area contributed by atoms with Crippen molar-refractivity contribution in [3.63, 3.8) is 0 Å². The molecule has 1 aliphatic rings. The number of anilines is 3. The maximum absolute atomic E-state index is 12.5. The molecule has 0 radical (unpaired) electrons. The number of nitrogens with zero attached hydrogens (tertiary/aromatic N) is 10. The van der Waals surface area contributed by atoms with Gasteiger partial charge >= 0.3 is 11.7 Å². The van der Waals surface area contributed by atoms with Crippen molar-refractivity contribution in [2.75, 3.05) is 57.4 Å². The summed E-state index contributed by atoms with van der Waals surface area (Å²) in [5.41, 5.74) is 0.0407. The number of urea groups is 1. The number of ether oxygens (including phenoxy) is 3. The Morgan fingerprint density at radius 3 is 2.27 bits per heavy atom. The third-order valence-electron chi connectivity index (χ3n) is 8.08. The maximum atomic E-state index is 12.5. The summed E-state index contributed by atoms with van der Waals surface area (Å²) in [6.07, 6.45) is 9.16. The largest absolute Gasteiger partial charge is 0.481 e. The van der Waals surface area contributed by atoms with Gasteiger partial charge < -0.3 is 29.7 Å². The fourth-order valence-corrected chi connectivity index (χ4v) is 7.07. The average molecular weight is 964 g/mol. The lowest BCUT2D eigenvalue weighted by Gasteiger charge is -2.14.